The van der Waals surface area contributed by atoms with Gasteiger partial charge in [-0.2, -0.15) is 0 Å². The van der Waals surface area contributed by atoms with Gasteiger partial charge in [0.2, 0.25) is 0 Å². The molecule has 6 heteroatoms. The molecule has 0 aromatic carbocycles. The predicted molar refractivity (Wildman–Crippen MR) is 80.2 cm³/mol. The minimum atomic E-state index is -0.907. The van der Waals surface area contributed by atoms with Crippen molar-refractivity contribution in [2.24, 2.45) is 5.41 Å². The number of carbonyl (C=O) groups is 2. The number of carboxylic acids is 1. The summed E-state index contributed by atoms with van der Waals surface area (Å²) in [4.78, 5) is 25.1. The summed E-state index contributed by atoms with van der Waals surface area (Å²) in [5, 5.41) is 11.9. The molecule has 0 bridgehead atoms. The summed E-state index contributed by atoms with van der Waals surface area (Å²) in [6.45, 7) is 8.97. The average Bonchev–Trinajstić information content (AvgIpc) is 2.36. The second-order valence-corrected chi connectivity index (χ2v) is 7.15. The number of piperidine rings is 1. The van der Waals surface area contributed by atoms with E-state index < -0.39 is 12.0 Å². The summed E-state index contributed by atoms with van der Waals surface area (Å²) in [7, 11) is 1.66. The second-order valence-electron chi connectivity index (χ2n) is 7.15. The Bertz CT molecular complexity index is 392. The van der Waals surface area contributed by atoms with Crippen LogP contribution in [-0.4, -0.2) is 53.8 Å². The van der Waals surface area contributed by atoms with Gasteiger partial charge in [0.1, 0.15) is 0 Å². The van der Waals surface area contributed by atoms with Gasteiger partial charge in [0, 0.05) is 19.7 Å². The van der Waals surface area contributed by atoms with Gasteiger partial charge in [-0.05, 0) is 25.2 Å². The molecule has 6 nitrogen and oxygen atoms in total. The normalized spacial score (nSPS) is 24.5. The van der Waals surface area contributed by atoms with Gasteiger partial charge < -0.3 is 20.1 Å². The number of amides is 2. The molecule has 122 valence electrons. The highest BCUT2D eigenvalue weighted by Crippen LogP contribution is 2.25. The number of aliphatic carboxylic acids is 1. The summed E-state index contributed by atoms with van der Waals surface area (Å²) < 4.78 is 5.48. The zero-order valence-corrected chi connectivity index (χ0v) is 13.7. The summed E-state index contributed by atoms with van der Waals surface area (Å²) >= 11 is 0. The molecule has 1 heterocycles. The van der Waals surface area contributed by atoms with E-state index in [1.807, 2.05) is 27.7 Å². The summed E-state index contributed by atoms with van der Waals surface area (Å²) in [6, 6.07) is -0.614. The minimum Gasteiger partial charge on any atom is -0.481 e. The maximum Gasteiger partial charge on any atom is 0.317 e. The lowest BCUT2D eigenvalue weighted by Gasteiger charge is -2.40. The first kappa shape index (κ1) is 17.8. The van der Waals surface area contributed by atoms with E-state index in [0.717, 1.165) is 12.8 Å². The van der Waals surface area contributed by atoms with Crippen molar-refractivity contribution < 1.29 is 19.4 Å². The van der Waals surface area contributed by atoms with E-state index >= 15 is 0 Å². The number of carbonyl (C=O) groups excluding carboxylic acids is 1. The Balaban J connectivity index is 2.71. The molecule has 2 N–H and O–H groups in total. The van der Waals surface area contributed by atoms with Gasteiger partial charge in [0.15, 0.2) is 0 Å². The van der Waals surface area contributed by atoms with E-state index in [1.54, 1.807) is 12.0 Å². The van der Waals surface area contributed by atoms with Crippen molar-refractivity contribution in [1.29, 1.82) is 0 Å². The quantitative estimate of drug-likeness (QED) is 0.833. The number of carboxylic acid groups (broad SMARTS) is 1. The van der Waals surface area contributed by atoms with Crippen molar-refractivity contribution >= 4 is 12.0 Å². The highest BCUT2D eigenvalue weighted by Gasteiger charge is 2.35. The molecule has 0 radical (unpaired) electrons. The molecule has 0 aliphatic carbocycles. The van der Waals surface area contributed by atoms with E-state index in [-0.39, 0.29) is 23.5 Å². The number of nitrogens with zero attached hydrogens (tertiary/aromatic N) is 1. The van der Waals surface area contributed by atoms with Gasteiger partial charge in [-0.1, -0.05) is 20.8 Å². The predicted octanol–water partition coefficient (Wildman–Crippen LogP) is 2.09. The lowest BCUT2D eigenvalue weighted by atomic mass is 9.85. The van der Waals surface area contributed by atoms with Crippen LogP contribution in [0, 0.1) is 5.41 Å². The number of rotatable bonds is 4. The highest BCUT2D eigenvalue weighted by atomic mass is 16.5. The van der Waals surface area contributed by atoms with Crippen LogP contribution in [0.1, 0.15) is 47.0 Å². The van der Waals surface area contributed by atoms with E-state index in [4.69, 9.17) is 9.84 Å². The molecule has 1 rings (SSSR count). The zero-order chi connectivity index (χ0) is 16.3. The molecule has 1 fully saturated rings. The first-order valence-electron chi connectivity index (χ1n) is 7.40. The topological polar surface area (TPSA) is 78.9 Å². The number of ether oxygens (including phenoxy) is 1. The number of likely N-dealkylation sites (tertiary alicyclic amines) is 1. The Morgan fingerprint density at radius 2 is 2.05 bits per heavy atom. The van der Waals surface area contributed by atoms with Gasteiger partial charge in [-0.15, -0.1) is 0 Å². The van der Waals surface area contributed by atoms with Crippen molar-refractivity contribution in [3.8, 4) is 0 Å². The average molecular weight is 300 g/mol. The van der Waals surface area contributed by atoms with Crippen LogP contribution < -0.4 is 5.32 Å². The fraction of sp³-hybridized carbons (Fsp3) is 0.867. The van der Waals surface area contributed by atoms with Gasteiger partial charge in [-0.3, -0.25) is 4.79 Å². The summed E-state index contributed by atoms with van der Waals surface area (Å²) in [5.41, 5.74) is -0.631. The Morgan fingerprint density at radius 1 is 1.43 bits per heavy atom. The van der Waals surface area contributed by atoms with Crippen LogP contribution in [-0.2, 0) is 9.53 Å². The molecule has 0 aromatic heterocycles. The van der Waals surface area contributed by atoms with Crippen molar-refractivity contribution in [3.05, 3.63) is 0 Å². The lowest BCUT2D eigenvalue weighted by molar-refractivity contribution is -0.138. The van der Waals surface area contributed by atoms with Gasteiger partial charge in [-0.25, -0.2) is 4.79 Å². The van der Waals surface area contributed by atoms with Crippen molar-refractivity contribution in [2.45, 2.75) is 58.6 Å². The molecule has 2 amide bonds. The SMILES string of the molecule is COC1(C)CCCN(C(=O)NC(CC(=O)O)C(C)(C)C)C1. The van der Waals surface area contributed by atoms with E-state index in [0.29, 0.717) is 13.1 Å². The van der Waals surface area contributed by atoms with E-state index in [2.05, 4.69) is 5.32 Å². The van der Waals surface area contributed by atoms with Crippen LogP contribution in [0.3, 0.4) is 0 Å². The minimum absolute atomic E-state index is 0.0787. The van der Waals surface area contributed by atoms with Crippen LogP contribution >= 0.6 is 0 Å². The Morgan fingerprint density at radius 3 is 2.52 bits per heavy atom. The summed E-state index contributed by atoms with van der Waals surface area (Å²) in [6.07, 6.45) is 1.73. The van der Waals surface area contributed by atoms with Crippen molar-refractivity contribution in [1.82, 2.24) is 10.2 Å². The standard InChI is InChI=1S/C15H28N2O4/c1-14(2,3)11(9-12(18)19)16-13(20)17-8-6-7-15(4,10-17)21-5/h11H,6-10H2,1-5H3,(H,16,20)(H,18,19). The lowest BCUT2D eigenvalue weighted by Crippen LogP contribution is -2.56. The number of urea groups is 1. The fourth-order valence-electron chi connectivity index (χ4n) is 2.53. The third kappa shape index (κ3) is 5.19. The maximum absolute atomic E-state index is 12.4. The molecule has 0 aromatic rings. The second kappa shape index (κ2) is 6.64. The Kier molecular flexibility index (Phi) is 5.61. The zero-order valence-electron chi connectivity index (χ0n) is 13.7. The first-order valence-corrected chi connectivity index (χ1v) is 7.40. The van der Waals surface area contributed by atoms with Gasteiger partial charge in [0.25, 0.3) is 0 Å². The molecule has 1 saturated heterocycles. The van der Waals surface area contributed by atoms with Crippen molar-refractivity contribution in [2.75, 3.05) is 20.2 Å². The smallest absolute Gasteiger partial charge is 0.317 e. The van der Waals surface area contributed by atoms with Crippen LogP contribution in [0.25, 0.3) is 0 Å². The number of hydrogen-bond donors (Lipinski definition) is 2. The monoisotopic (exact) mass is 300 g/mol. The molecule has 1 aliphatic rings. The molecule has 2 unspecified atom stereocenters. The summed E-state index contributed by atoms with van der Waals surface area (Å²) in [5.74, 6) is -0.907. The van der Waals surface area contributed by atoms with Crippen LogP contribution in [0.2, 0.25) is 0 Å². The maximum atomic E-state index is 12.4. The number of nitrogens with one attached hydrogen (secondary N) is 1. The fourth-order valence-corrected chi connectivity index (χ4v) is 2.53. The van der Waals surface area contributed by atoms with Crippen LogP contribution in [0.4, 0.5) is 4.79 Å². The number of hydrogen-bond acceptors (Lipinski definition) is 3. The van der Waals surface area contributed by atoms with Crippen molar-refractivity contribution in [3.63, 3.8) is 0 Å². The first-order chi connectivity index (χ1) is 9.57. The Labute approximate surface area is 126 Å². The van der Waals surface area contributed by atoms with Crippen LogP contribution in [0.5, 0.6) is 0 Å². The molecule has 0 saturated carbocycles. The highest BCUT2D eigenvalue weighted by molar-refractivity contribution is 5.76. The van der Waals surface area contributed by atoms with Crippen LogP contribution in [0.15, 0.2) is 0 Å². The van der Waals surface area contributed by atoms with Gasteiger partial charge >= 0.3 is 12.0 Å². The third-order valence-corrected chi connectivity index (χ3v) is 4.16. The largest absolute Gasteiger partial charge is 0.481 e. The molecule has 1 aliphatic heterocycles. The third-order valence-electron chi connectivity index (χ3n) is 4.16. The molecular weight excluding hydrogens is 272 g/mol. The molecule has 0 spiro atoms. The molecule has 2 atom stereocenters. The van der Waals surface area contributed by atoms with Gasteiger partial charge in [0.05, 0.1) is 18.6 Å². The number of methoxy groups -OCH3 is 1. The molecule has 21 heavy (non-hydrogen) atoms. The van der Waals surface area contributed by atoms with E-state index in [1.165, 1.54) is 0 Å². The molecular formula is C15H28N2O4. The van der Waals surface area contributed by atoms with E-state index in [9.17, 15) is 9.59 Å². The Hall–Kier alpha value is -1.30.